The molecule has 1 N–H and O–H groups in total. The molecule has 1 aromatic heterocycles. The zero-order valence-electron chi connectivity index (χ0n) is 10.9. The lowest BCUT2D eigenvalue weighted by Crippen LogP contribution is -2.32. The maximum absolute atomic E-state index is 12.2. The van der Waals surface area contributed by atoms with Crippen molar-refractivity contribution in [2.45, 2.75) is 46.1 Å². The molecule has 1 heterocycles. The monoisotopic (exact) mass is 238 g/mol. The number of aromatic amines is 1. The van der Waals surface area contributed by atoms with Crippen molar-refractivity contribution in [3.05, 3.63) is 12.2 Å². The number of amides is 1. The molecule has 5 heteroatoms. The van der Waals surface area contributed by atoms with Crippen molar-refractivity contribution in [2.75, 3.05) is 7.05 Å². The van der Waals surface area contributed by atoms with Gasteiger partial charge >= 0.3 is 0 Å². The van der Waals surface area contributed by atoms with Crippen LogP contribution in [0.2, 0.25) is 0 Å². The van der Waals surface area contributed by atoms with Gasteiger partial charge in [0.15, 0.2) is 0 Å². The minimum absolute atomic E-state index is 0.151. The zero-order chi connectivity index (χ0) is 12.7. The fourth-order valence-electron chi connectivity index (χ4n) is 2.01. The van der Waals surface area contributed by atoms with Gasteiger partial charge < -0.3 is 4.90 Å². The standard InChI is InChI=1S/C12H22N4O/c1-4-6-10(7-5-2)12(17)16(3)8-11-13-9-14-15-11/h9-10H,4-8H2,1-3H3,(H,13,14,15). The van der Waals surface area contributed by atoms with Crippen molar-refractivity contribution < 1.29 is 4.79 Å². The van der Waals surface area contributed by atoms with E-state index in [-0.39, 0.29) is 11.8 Å². The summed E-state index contributed by atoms with van der Waals surface area (Å²) in [5, 5.41) is 6.55. The number of H-pyrrole nitrogens is 1. The predicted molar refractivity (Wildman–Crippen MR) is 66.2 cm³/mol. The molecule has 0 atom stereocenters. The summed E-state index contributed by atoms with van der Waals surface area (Å²) in [5.74, 6) is 1.09. The van der Waals surface area contributed by atoms with Gasteiger partial charge in [-0.15, -0.1) is 0 Å². The second-order valence-electron chi connectivity index (χ2n) is 4.40. The van der Waals surface area contributed by atoms with E-state index in [1.807, 2.05) is 7.05 Å². The maximum atomic E-state index is 12.2. The van der Waals surface area contributed by atoms with E-state index in [2.05, 4.69) is 29.0 Å². The van der Waals surface area contributed by atoms with E-state index in [0.29, 0.717) is 6.54 Å². The molecule has 0 aliphatic carbocycles. The van der Waals surface area contributed by atoms with Crippen molar-refractivity contribution in [3.63, 3.8) is 0 Å². The molecule has 0 bridgehead atoms. The van der Waals surface area contributed by atoms with Gasteiger partial charge in [0, 0.05) is 13.0 Å². The molecule has 96 valence electrons. The molecular formula is C12H22N4O. The van der Waals surface area contributed by atoms with E-state index in [1.165, 1.54) is 6.33 Å². The Balaban J connectivity index is 2.53. The lowest BCUT2D eigenvalue weighted by molar-refractivity contribution is -0.135. The van der Waals surface area contributed by atoms with Crippen molar-refractivity contribution >= 4 is 5.91 Å². The third-order valence-corrected chi connectivity index (χ3v) is 2.85. The highest BCUT2D eigenvalue weighted by Gasteiger charge is 2.20. The smallest absolute Gasteiger partial charge is 0.225 e. The molecule has 0 unspecified atom stereocenters. The van der Waals surface area contributed by atoms with Crippen molar-refractivity contribution in [1.29, 1.82) is 0 Å². The van der Waals surface area contributed by atoms with Crippen LogP contribution >= 0.6 is 0 Å². The largest absolute Gasteiger partial charge is 0.338 e. The first kappa shape index (κ1) is 13.7. The Morgan fingerprint density at radius 3 is 2.53 bits per heavy atom. The van der Waals surface area contributed by atoms with Gasteiger partial charge in [0.1, 0.15) is 12.2 Å². The van der Waals surface area contributed by atoms with Crippen LogP contribution in [0.1, 0.15) is 45.4 Å². The minimum Gasteiger partial charge on any atom is -0.338 e. The van der Waals surface area contributed by atoms with Crippen LogP contribution in [-0.4, -0.2) is 33.0 Å². The molecule has 0 saturated heterocycles. The highest BCUT2D eigenvalue weighted by atomic mass is 16.2. The number of hydrogen-bond acceptors (Lipinski definition) is 3. The topological polar surface area (TPSA) is 61.9 Å². The van der Waals surface area contributed by atoms with Gasteiger partial charge in [-0.05, 0) is 12.8 Å². The minimum atomic E-state index is 0.151. The number of nitrogens with one attached hydrogen (secondary N) is 1. The summed E-state index contributed by atoms with van der Waals surface area (Å²) in [6, 6.07) is 0. The van der Waals surface area contributed by atoms with Crippen LogP contribution in [0.5, 0.6) is 0 Å². The van der Waals surface area contributed by atoms with Gasteiger partial charge in [-0.25, -0.2) is 4.98 Å². The van der Waals surface area contributed by atoms with E-state index in [0.717, 1.165) is 31.5 Å². The number of carbonyl (C=O) groups excluding carboxylic acids is 1. The predicted octanol–water partition coefficient (Wildman–Crippen LogP) is 1.98. The lowest BCUT2D eigenvalue weighted by Gasteiger charge is -2.22. The van der Waals surface area contributed by atoms with Crippen LogP contribution in [0, 0.1) is 5.92 Å². The molecule has 0 spiro atoms. The maximum Gasteiger partial charge on any atom is 0.225 e. The summed E-state index contributed by atoms with van der Waals surface area (Å²) in [7, 11) is 1.82. The summed E-state index contributed by atoms with van der Waals surface area (Å²) >= 11 is 0. The van der Waals surface area contributed by atoms with E-state index in [1.54, 1.807) is 4.90 Å². The Labute approximate surface area is 103 Å². The van der Waals surface area contributed by atoms with Gasteiger partial charge in [-0.1, -0.05) is 26.7 Å². The van der Waals surface area contributed by atoms with E-state index in [4.69, 9.17) is 0 Å². The Bertz CT molecular complexity index is 317. The second-order valence-corrected chi connectivity index (χ2v) is 4.40. The highest BCUT2D eigenvalue weighted by Crippen LogP contribution is 2.16. The van der Waals surface area contributed by atoms with Crippen molar-refractivity contribution in [3.8, 4) is 0 Å². The number of carbonyl (C=O) groups is 1. The Morgan fingerprint density at radius 2 is 2.06 bits per heavy atom. The highest BCUT2D eigenvalue weighted by molar-refractivity contribution is 5.78. The summed E-state index contributed by atoms with van der Waals surface area (Å²) in [6.45, 7) is 4.74. The average molecular weight is 238 g/mol. The Kier molecular flexibility index (Phi) is 5.66. The second kappa shape index (κ2) is 7.04. The molecule has 5 nitrogen and oxygen atoms in total. The molecular weight excluding hydrogens is 216 g/mol. The summed E-state index contributed by atoms with van der Waals surface area (Å²) in [6.07, 6.45) is 5.49. The first-order valence-corrected chi connectivity index (χ1v) is 6.28. The van der Waals surface area contributed by atoms with Crippen LogP contribution in [-0.2, 0) is 11.3 Å². The van der Waals surface area contributed by atoms with Crippen LogP contribution in [0.3, 0.4) is 0 Å². The molecule has 0 radical (unpaired) electrons. The SMILES string of the molecule is CCCC(CCC)C(=O)N(C)Cc1ncn[nH]1. The van der Waals surface area contributed by atoms with E-state index >= 15 is 0 Å². The molecule has 0 saturated carbocycles. The fraction of sp³-hybridized carbons (Fsp3) is 0.750. The quantitative estimate of drug-likeness (QED) is 0.790. The van der Waals surface area contributed by atoms with Gasteiger partial charge in [0.2, 0.25) is 5.91 Å². The fourth-order valence-corrected chi connectivity index (χ4v) is 2.01. The van der Waals surface area contributed by atoms with E-state index in [9.17, 15) is 4.79 Å². The van der Waals surface area contributed by atoms with Crippen molar-refractivity contribution in [2.24, 2.45) is 5.92 Å². The normalized spacial score (nSPS) is 10.8. The van der Waals surface area contributed by atoms with E-state index < -0.39 is 0 Å². The first-order chi connectivity index (χ1) is 8.19. The van der Waals surface area contributed by atoms with Gasteiger partial charge in [-0.2, -0.15) is 5.10 Å². The van der Waals surface area contributed by atoms with Crippen LogP contribution in [0.4, 0.5) is 0 Å². The molecule has 1 aromatic rings. The molecule has 1 rings (SSSR count). The third kappa shape index (κ3) is 4.17. The van der Waals surface area contributed by atoms with Gasteiger partial charge in [-0.3, -0.25) is 9.89 Å². The summed E-state index contributed by atoms with van der Waals surface area (Å²) < 4.78 is 0. The molecule has 0 fully saturated rings. The van der Waals surface area contributed by atoms with Crippen LogP contribution < -0.4 is 0 Å². The Morgan fingerprint density at radius 1 is 1.41 bits per heavy atom. The number of nitrogens with zero attached hydrogens (tertiary/aromatic N) is 3. The molecule has 0 aliphatic rings. The van der Waals surface area contributed by atoms with Gasteiger partial charge in [0.25, 0.3) is 0 Å². The van der Waals surface area contributed by atoms with Crippen LogP contribution in [0.15, 0.2) is 6.33 Å². The Hall–Kier alpha value is -1.39. The zero-order valence-corrected chi connectivity index (χ0v) is 10.9. The van der Waals surface area contributed by atoms with Gasteiger partial charge in [0.05, 0.1) is 6.54 Å². The van der Waals surface area contributed by atoms with Crippen molar-refractivity contribution in [1.82, 2.24) is 20.1 Å². The average Bonchev–Trinajstić information content (AvgIpc) is 2.80. The molecule has 0 aromatic carbocycles. The lowest BCUT2D eigenvalue weighted by atomic mass is 9.97. The first-order valence-electron chi connectivity index (χ1n) is 6.28. The number of aromatic nitrogens is 3. The number of hydrogen-bond donors (Lipinski definition) is 1. The summed E-state index contributed by atoms with van der Waals surface area (Å²) in [4.78, 5) is 18.0. The molecule has 1 amide bonds. The molecule has 0 aliphatic heterocycles. The number of rotatable bonds is 7. The molecule has 17 heavy (non-hydrogen) atoms. The summed E-state index contributed by atoms with van der Waals surface area (Å²) in [5.41, 5.74) is 0. The third-order valence-electron chi connectivity index (χ3n) is 2.85. The van der Waals surface area contributed by atoms with Crippen LogP contribution in [0.25, 0.3) is 0 Å².